The topological polar surface area (TPSA) is 49.8 Å². The molecule has 1 aromatic carbocycles. The van der Waals surface area contributed by atoms with Crippen LogP contribution in [0.3, 0.4) is 0 Å². The predicted octanol–water partition coefficient (Wildman–Crippen LogP) is 4.56. The van der Waals surface area contributed by atoms with Crippen molar-refractivity contribution < 1.29 is 0 Å². The van der Waals surface area contributed by atoms with Crippen molar-refractivity contribution in [2.24, 2.45) is 5.92 Å². The van der Waals surface area contributed by atoms with Gasteiger partial charge in [0.15, 0.2) is 0 Å². The van der Waals surface area contributed by atoms with Crippen molar-refractivity contribution in [1.29, 1.82) is 0 Å². The molecule has 0 aliphatic heterocycles. The number of aryl methyl sites for hydroxylation is 2. The van der Waals surface area contributed by atoms with Crippen molar-refractivity contribution in [1.82, 2.24) is 9.97 Å². The van der Waals surface area contributed by atoms with Crippen LogP contribution in [0.4, 0.5) is 17.3 Å². The Labute approximate surface area is 131 Å². The highest BCUT2D eigenvalue weighted by atomic mass is 35.5. The molecule has 0 unspecified atom stereocenters. The van der Waals surface area contributed by atoms with E-state index in [1.807, 2.05) is 38.1 Å². The van der Waals surface area contributed by atoms with Gasteiger partial charge in [-0.3, -0.25) is 0 Å². The summed E-state index contributed by atoms with van der Waals surface area (Å²) in [4.78, 5) is 8.83. The minimum absolute atomic E-state index is 0.565. The Kier molecular flexibility index (Phi) is 5.02. The number of benzene rings is 1. The summed E-state index contributed by atoms with van der Waals surface area (Å²) < 4.78 is 0. The molecule has 0 radical (unpaired) electrons. The summed E-state index contributed by atoms with van der Waals surface area (Å²) in [5, 5.41) is 7.37. The van der Waals surface area contributed by atoms with E-state index in [4.69, 9.17) is 11.6 Å². The smallest absolute Gasteiger partial charge is 0.136 e. The fraction of sp³-hybridized carbons (Fsp3) is 0.375. The minimum atomic E-state index is 0.565. The zero-order chi connectivity index (χ0) is 15.4. The van der Waals surface area contributed by atoms with Gasteiger partial charge in [0, 0.05) is 23.3 Å². The quantitative estimate of drug-likeness (QED) is 0.850. The highest BCUT2D eigenvalue weighted by Crippen LogP contribution is 2.23. The molecule has 0 fully saturated rings. The molecule has 2 N–H and O–H groups in total. The van der Waals surface area contributed by atoms with Crippen LogP contribution in [0.1, 0.15) is 25.2 Å². The Balaban J connectivity index is 2.19. The van der Waals surface area contributed by atoms with Gasteiger partial charge in [-0.25, -0.2) is 9.97 Å². The SMILES string of the molecule is Cc1nc(NCC(C)C)cc(Nc2ccc(Cl)cc2C)n1. The zero-order valence-corrected chi connectivity index (χ0v) is 13.6. The van der Waals surface area contributed by atoms with Gasteiger partial charge in [-0.15, -0.1) is 0 Å². The van der Waals surface area contributed by atoms with E-state index < -0.39 is 0 Å². The number of halogens is 1. The van der Waals surface area contributed by atoms with Gasteiger partial charge < -0.3 is 10.6 Å². The molecule has 0 atom stereocenters. The fourth-order valence-electron chi connectivity index (χ4n) is 1.94. The average molecular weight is 305 g/mol. The van der Waals surface area contributed by atoms with Crippen LogP contribution >= 0.6 is 11.6 Å². The van der Waals surface area contributed by atoms with E-state index in [1.165, 1.54) is 0 Å². The molecule has 1 aromatic heterocycles. The van der Waals surface area contributed by atoms with E-state index in [1.54, 1.807) is 0 Å². The molecule has 0 spiro atoms. The molecule has 2 rings (SSSR count). The molecule has 0 aliphatic carbocycles. The van der Waals surface area contributed by atoms with Crippen LogP contribution < -0.4 is 10.6 Å². The van der Waals surface area contributed by atoms with Crippen LogP contribution in [0.15, 0.2) is 24.3 Å². The first-order chi connectivity index (χ1) is 9.94. The second-order valence-electron chi connectivity index (χ2n) is 5.54. The first kappa shape index (κ1) is 15.6. The van der Waals surface area contributed by atoms with E-state index in [2.05, 4.69) is 34.4 Å². The second-order valence-corrected chi connectivity index (χ2v) is 5.98. The van der Waals surface area contributed by atoms with Crippen LogP contribution in [-0.4, -0.2) is 16.5 Å². The largest absolute Gasteiger partial charge is 0.370 e. The molecule has 1 heterocycles. The number of aromatic nitrogens is 2. The Morgan fingerprint density at radius 1 is 1.10 bits per heavy atom. The highest BCUT2D eigenvalue weighted by molar-refractivity contribution is 6.30. The summed E-state index contributed by atoms with van der Waals surface area (Å²) in [5.74, 6) is 2.91. The second kappa shape index (κ2) is 6.76. The number of rotatable bonds is 5. The van der Waals surface area contributed by atoms with Gasteiger partial charge >= 0.3 is 0 Å². The van der Waals surface area contributed by atoms with E-state index in [0.717, 1.165) is 40.3 Å². The van der Waals surface area contributed by atoms with Gasteiger partial charge in [-0.1, -0.05) is 25.4 Å². The normalized spacial score (nSPS) is 10.8. The number of nitrogens with one attached hydrogen (secondary N) is 2. The molecule has 4 nitrogen and oxygen atoms in total. The lowest BCUT2D eigenvalue weighted by molar-refractivity contribution is 0.686. The molecule has 2 aromatic rings. The van der Waals surface area contributed by atoms with E-state index in [-0.39, 0.29) is 0 Å². The Bertz CT molecular complexity index is 626. The van der Waals surface area contributed by atoms with Gasteiger partial charge in [0.05, 0.1) is 0 Å². The van der Waals surface area contributed by atoms with Crippen LogP contribution in [0.2, 0.25) is 5.02 Å². The molecular formula is C16H21ClN4. The molecule has 0 saturated heterocycles. The lowest BCUT2D eigenvalue weighted by Gasteiger charge is -2.13. The van der Waals surface area contributed by atoms with Crippen molar-refractivity contribution >= 4 is 28.9 Å². The van der Waals surface area contributed by atoms with Crippen LogP contribution in [0.5, 0.6) is 0 Å². The molecule has 21 heavy (non-hydrogen) atoms. The first-order valence-corrected chi connectivity index (χ1v) is 7.44. The van der Waals surface area contributed by atoms with Crippen LogP contribution in [0, 0.1) is 19.8 Å². The maximum atomic E-state index is 5.98. The van der Waals surface area contributed by atoms with Gasteiger partial charge in [0.25, 0.3) is 0 Å². The molecule has 0 aliphatic rings. The fourth-order valence-corrected chi connectivity index (χ4v) is 2.16. The summed E-state index contributed by atoms with van der Waals surface area (Å²) >= 11 is 5.98. The summed E-state index contributed by atoms with van der Waals surface area (Å²) in [6.45, 7) is 9.12. The third-order valence-corrected chi connectivity index (χ3v) is 3.22. The Hall–Kier alpha value is -1.81. The highest BCUT2D eigenvalue weighted by Gasteiger charge is 2.05. The number of hydrogen-bond donors (Lipinski definition) is 2. The van der Waals surface area contributed by atoms with Crippen molar-refractivity contribution in [2.75, 3.05) is 17.2 Å². The molecule has 5 heteroatoms. The summed E-state index contributed by atoms with van der Waals surface area (Å²) in [5.41, 5.74) is 2.07. The number of anilines is 3. The first-order valence-electron chi connectivity index (χ1n) is 7.07. The van der Waals surface area contributed by atoms with E-state index in [9.17, 15) is 0 Å². The predicted molar refractivity (Wildman–Crippen MR) is 89.6 cm³/mol. The maximum Gasteiger partial charge on any atom is 0.136 e. The molecular weight excluding hydrogens is 284 g/mol. The van der Waals surface area contributed by atoms with Crippen LogP contribution in [0.25, 0.3) is 0 Å². The molecule has 112 valence electrons. The van der Waals surface area contributed by atoms with Gasteiger partial charge in [0.2, 0.25) is 0 Å². The third kappa shape index (κ3) is 4.60. The standard InChI is InChI=1S/C16H21ClN4/c1-10(2)9-18-15-8-16(20-12(4)19-15)21-14-6-5-13(17)7-11(14)3/h5-8,10H,9H2,1-4H3,(H2,18,19,20,21). The van der Waals surface area contributed by atoms with E-state index in [0.29, 0.717) is 5.92 Å². The Morgan fingerprint density at radius 2 is 1.81 bits per heavy atom. The number of nitrogens with zero attached hydrogens (tertiary/aromatic N) is 2. The van der Waals surface area contributed by atoms with Gasteiger partial charge in [-0.05, 0) is 43.5 Å². The van der Waals surface area contributed by atoms with Crippen molar-refractivity contribution in [3.63, 3.8) is 0 Å². The van der Waals surface area contributed by atoms with E-state index >= 15 is 0 Å². The van der Waals surface area contributed by atoms with Crippen molar-refractivity contribution in [3.8, 4) is 0 Å². The molecule has 0 amide bonds. The molecule has 0 saturated carbocycles. The van der Waals surface area contributed by atoms with Gasteiger partial charge in [0.1, 0.15) is 17.5 Å². The van der Waals surface area contributed by atoms with Crippen molar-refractivity contribution in [3.05, 3.63) is 40.7 Å². The average Bonchev–Trinajstić information content (AvgIpc) is 2.39. The van der Waals surface area contributed by atoms with Gasteiger partial charge in [-0.2, -0.15) is 0 Å². The maximum absolute atomic E-state index is 5.98. The third-order valence-electron chi connectivity index (χ3n) is 2.98. The molecule has 0 bridgehead atoms. The summed E-state index contributed by atoms with van der Waals surface area (Å²) in [7, 11) is 0. The minimum Gasteiger partial charge on any atom is -0.370 e. The monoisotopic (exact) mass is 304 g/mol. The Morgan fingerprint density at radius 3 is 2.48 bits per heavy atom. The van der Waals surface area contributed by atoms with Crippen LogP contribution in [-0.2, 0) is 0 Å². The lowest BCUT2D eigenvalue weighted by atomic mass is 10.2. The zero-order valence-electron chi connectivity index (χ0n) is 12.9. The lowest BCUT2D eigenvalue weighted by Crippen LogP contribution is -2.10. The summed E-state index contributed by atoms with van der Waals surface area (Å²) in [6.07, 6.45) is 0. The van der Waals surface area contributed by atoms with Crippen molar-refractivity contribution in [2.45, 2.75) is 27.7 Å². The number of hydrogen-bond acceptors (Lipinski definition) is 4. The summed E-state index contributed by atoms with van der Waals surface area (Å²) in [6, 6.07) is 7.67.